The smallest absolute Gasteiger partial charge is 0.154 e. The number of hydrogen-bond acceptors (Lipinski definition) is 1. The molecule has 1 fully saturated rings. The van der Waals surface area contributed by atoms with E-state index < -0.39 is 11.8 Å². The molecule has 1 aliphatic carbocycles. The van der Waals surface area contributed by atoms with Crippen LogP contribution in [0.2, 0.25) is 0 Å². The second-order valence-electron chi connectivity index (χ2n) is 2.95. The highest BCUT2D eigenvalue weighted by Crippen LogP contribution is 2.33. The lowest BCUT2D eigenvalue weighted by molar-refractivity contribution is 0.0202. The molecule has 10 heavy (non-hydrogen) atoms. The Balaban J connectivity index is 2.54. The summed E-state index contributed by atoms with van der Waals surface area (Å²) in [7, 11) is 0. The van der Waals surface area contributed by atoms with Gasteiger partial charge in [0, 0.05) is 6.54 Å². The van der Waals surface area contributed by atoms with Crippen LogP contribution in [-0.2, 0) is 0 Å². The fourth-order valence-electron chi connectivity index (χ4n) is 1.39. The molecule has 60 valence electrons. The van der Waals surface area contributed by atoms with Crippen LogP contribution < -0.4 is 5.73 Å². The van der Waals surface area contributed by atoms with Gasteiger partial charge in [-0.25, -0.2) is 8.78 Å². The van der Waals surface area contributed by atoms with E-state index in [4.69, 9.17) is 5.73 Å². The Hall–Kier alpha value is -0.180. The molecule has 0 heterocycles. The quantitative estimate of drug-likeness (QED) is 0.601. The average Bonchev–Trinajstić information content (AvgIpc) is 1.96. The van der Waals surface area contributed by atoms with Gasteiger partial charge in [-0.2, -0.15) is 0 Å². The lowest BCUT2D eigenvalue weighted by atomic mass is 9.85. The van der Waals surface area contributed by atoms with Crippen LogP contribution in [0, 0.1) is 0 Å². The van der Waals surface area contributed by atoms with Crippen molar-refractivity contribution < 1.29 is 8.78 Å². The van der Waals surface area contributed by atoms with Gasteiger partial charge in [0.1, 0.15) is 6.17 Å². The van der Waals surface area contributed by atoms with Crippen molar-refractivity contribution in [3.8, 4) is 0 Å². The van der Waals surface area contributed by atoms with Crippen molar-refractivity contribution in [3.05, 3.63) is 0 Å². The molecule has 2 unspecified atom stereocenters. The van der Waals surface area contributed by atoms with Crippen LogP contribution in [0.4, 0.5) is 8.78 Å². The number of alkyl halides is 2. The lowest BCUT2D eigenvalue weighted by Crippen LogP contribution is -2.44. The summed E-state index contributed by atoms with van der Waals surface area (Å²) in [5.41, 5.74) is 3.40. The first-order chi connectivity index (χ1) is 4.69. The standard InChI is InChI=1S/C7H13F2N/c8-6-3-1-2-4-7(6,9)5-10/h6H,1-5,10H2. The molecule has 0 bridgehead atoms. The molecule has 1 aliphatic rings. The van der Waals surface area contributed by atoms with Gasteiger partial charge < -0.3 is 5.73 Å². The molecule has 0 aromatic rings. The van der Waals surface area contributed by atoms with E-state index in [-0.39, 0.29) is 6.54 Å². The van der Waals surface area contributed by atoms with E-state index in [9.17, 15) is 8.78 Å². The van der Waals surface area contributed by atoms with Crippen LogP contribution in [-0.4, -0.2) is 18.4 Å². The van der Waals surface area contributed by atoms with Gasteiger partial charge in [-0.3, -0.25) is 0 Å². The van der Waals surface area contributed by atoms with Gasteiger partial charge >= 0.3 is 0 Å². The summed E-state index contributed by atoms with van der Waals surface area (Å²) in [6.07, 6.45) is 0.880. The molecule has 1 rings (SSSR count). The highest BCUT2D eigenvalue weighted by atomic mass is 19.2. The summed E-state index contributed by atoms with van der Waals surface area (Å²) in [6, 6.07) is 0. The average molecular weight is 149 g/mol. The molecule has 0 aliphatic heterocycles. The van der Waals surface area contributed by atoms with E-state index in [2.05, 4.69) is 0 Å². The lowest BCUT2D eigenvalue weighted by Gasteiger charge is -2.31. The zero-order valence-corrected chi connectivity index (χ0v) is 5.95. The summed E-state index contributed by atoms with van der Waals surface area (Å²) in [5.74, 6) is 0. The third kappa shape index (κ3) is 1.29. The van der Waals surface area contributed by atoms with Gasteiger partial charge in [0.2, 0.25) is 0 Å². The van der Waals surface area contributed by atoms with E-state index in [1.54, 1.807) is 0 Å². The van der Waals surface area contributed by atoms with Crippen LogP contribution in [0.1, 0.15) is 25.7 Å². The van der Waals surface area contributed by atoms with Gasteiger partial charge in [-0.05, 0) is 19.3 Å². The van der Waals surface area contributed by atoms with Crippen molar-refractivity contribution in [2.45, 2.75) is 37.5 Å². The summed E-state index contributed by atoms with van der Waals surface area (Å²) in [6.45, 7) is -0.172. The molecule has 3 heteroatoms. The Morgan fingerprint density at radius 2 is 2.20 bits per heavy atom. The molecule has 2 N–H and O–H groups in total. The first-order valence-electron chi connectivity index (χ1n) is 3.72. The van der Waals surface area contributed by atoms with Crippen molar-refractivity contribution in [3.63, 3.8) is 0 Å². The third-order valence-electron chi connectivity index (χ3n) is 2.20. The predicted molar refractivity (Wildman–Crippen MR) is 36.3 cm³/mol. The molecule has 1 saturated carbocycles. The fraction of sp³-hybridized carbons (Fsp3) is 1.00. The van der Waals surface area contributed by atoms with Crippen LogP contribution in [0.5, 0.6) is 0 Å². The van der Waals surface area contributed by atoms with Crippen molar-refractivity contribution in [2.24, 2.45) is 5.73 Å². The minimum absolute atomic E-state index is 0.172. The summed E-state index contributed by atoms with van der Waals surface area (Å²) in [4.78, 5) is 0. The topological polar surface area (TPSA) is 26.0 Å². The zero-order valence-electron chi connectivity index (χ0n) is 5.95. The molecule has 1 nitrogen and oxygen atoms in total. The minimum atomic E-state index is -1.71. The molecular weight excluding hydrogens is 136 g/mol. The normalized spacial score (nSPS) is 41.7. The molecule has 0 saturated heterocycles. The minimum Gasteiger partial charge on any atom is -0.327 e. The fourth-order valence-corrected chi connectivity index (χ4v) is 1.39. The largest absolute Gasteiger partial charge is 0.327 e. The highest BCUT2D eigenvalue weighted by molar-refractivity contribution is 4.91. The predicted octanol–water partition coefficient (Wildman–Crippen LogP) is 1.57. The molecule has 2 atom stereocenters. The zero-order chi connectivity index (χ0) is 7.61. The van der Waals surface area contributed by atoms with Gasteiger partial charge in [0.15, 0.2) is 5.67 Å². The van der Waals surface area contributed by atoms with Crippen molar-refractivity contribution in [1.29, 1.82) is 0 Å². The van der Waals surface area contributed by atoms with Crippen LogP contribution in [0.25, 0.3) is 0 Å². The number of hydrogen-bond donors (Lipinski definition) is 1. The number of halogens is 2. The van der Waals surface area contributed by atoms with Crippen LogP contribution in [0.15, 0.2) is 0 Å². The van der Waals surface area contributed by atoms with Crippen LogP contribution >= 0.6 is 0 Å². The maximum atomic E-state index is 13.2. The highest BCUT2D eigenvalue weighted by Gasteiger charge is 2.40. The summed E-state index contributed by atoms with van der Waals surface area (Å²) >= 11 is 0. The van der Waals surface area contributed by atoms with Gasteiger partial charge in [-0.15, -0.1) is 0 Å². The summed E-state index contributed by atoms with van der Waals surface area (Å²) < 4.78 is 26.0. The third-order valence-corrected chi connectivity index (χ3v) is 2.20. The van der Waals surface area contributed by atoms with E-state index >= 15 is 0 Å². The summed E-state index contributed by atoms with van der Waals surface area (Å²) in [5, 5.41) is 0. The first-order valence-corrected chi connectivity index (χ1v) is 3.72. The van der Waals surface area contributed by atoms with Crippen molar-refractivity contribution >= 4 is 0 Å². The van der Waals surface area contributed by atoms with E-state index in [0.717, 1.165) is 12.8 Å². The monoisotopic (exact) mass is 149 g/mol. The van der Waals surface area contributed by atoms with E-state index in [1.165, 1.54) is 0 Å². The van der Waals surface area contributed by atoms with Crippen molar-refractivity contribution in [2.75, 3.05) is 6.54 Å². The second kappa shape index (κ2) is 2.82. The van der Waals surface area contributed by atoms with E-state index in [1.807, 2.05) is 0 Å². The Morgan fingerprint density at radius 1 is 1.50 bits per heavy atom. The Morgan fingerprint density at radius 3 is 2.60 bits per heavy atom. The van der Waals surface area contributed by atoms with Crippen molar-refractivity contribution in [1.82, 2.24) is 0 Å². The molecule has 0 radical (unpaired) electrons. The molecule has 0 spiro atoms. The van der Waals surface area contributed by atoms with Gasteiger partial charge in [0.05, 0.1) is 0 Å². The number of nitrogens with two attached hydrogens (primary N) is 1. The van der Waals surface area contributed by atoms with Crippen LogP contribution in [0.3, 0.4) is 0 Å². The van der Waals surface area contributed by atoms with E-state index in [0.29, 0.717) is 12.8 Å². The Kier molecular flexibility index (Phi) is 2.24. The Labute approximate surface area is 59.6 Å². The maximum absolute atomic E-state index is 13.2. The molecule has 0 aromatic carbocycles. The van der Waals surface area contributed by atoms with Gasteiger partial charge in [0.25, 0.3) is 0 Å². The molecule has 0 amide bonds. The maximum Gasteiger partial charge on any atom is 0.154 e. The SMILES string of the molecule is NCC1(F)CCCCC1F. The Bertz CT molecular complexity index is 118. The van der Waals surface area contributed by atoms with Gasteiger partial charge in [-0.1, -0.05) is 6.42 Å². The first kappa shape index (κ1) is 7.92. The second-order valence-corrected chi connectivity index (χ2v) is 2.95. The molecule has 0 aromatic heterocycles. The molecular formula is C7H13F2N. The number of rotatable bonds is 1.